The third-order valence-corrected chi connectivity index (χ3v) is 1.81. The van der Waals surface area contributed by atoms with Crippen molar-refractivity contribution in [3.63, 3.8) is 0 Å². The summed E-state index contributed by atoms with van der Waals surface area (Å²) < 4.78 is 0. The van der Waals surface area contributed by atoms with E-state index in [0.717, 1.165) is 32.2 Å². The van der Waals surface area contributed by atoms with Gasteiger partial charge in [0.15, 0.2) is 5.11 Å². The molecule has 1 rings (SSSR count). The van der Waals surface area contributed by atoms with E-state index in [1.807, 2.05) is 6.92 Å². The molecule has 1 aliphatic heterocycles. The molecule has 107 valence electrons. The van der Waals surface area contributed by atoms with E-state index in [9.17, 15) is 9.59 Å². The van der Waals surface area contributed by atoms with Crippen molar-refractivity contribution in [3.8, 4) is 0 Å². The Morgan fingerprint density at radius 2 is 2.17 bits per heavy atom. The Bertz CT molecular complexity index is 272. The summed E-state index contributed by atoms with van der Waals surface area (Å²) in [6.07, 6.45) is 3.98. The van der Waals surface area contributed by atoms with Crippen molar-refractivity contribution >= 4 is 11.8 Å². The van der Waals surface area contributed by atoms with Gasteiger partial charge in [0.25, 0.3) is 0 Å². The Kier molecular flexibility index (Phi) is 21.8. The van der Waals surface area contributed by atoms with Gasteiger partial charge < -0.3 is 16.4 Å². The van der Waals surface area contributed by atoms with Crippen molar-refractivity contribution in [2.24, 2.45) is 5.11 Å². The Labute approximate surface area is 116 Å². The summed E-state index contributed by atoms with van der Waals surface area (Å²) in [5, 5.41) is 5.70. The van der Waals surface area contributed by atoms with Gasteiger partial charge in [0.1, 0.15) is 5.53 Å². The summed E-state index contributed by atoms with van der Waals surface area (Å²) in [6.45, 7) is 2.88. The van der Waals surface area contributed by atoms with Gasteiger partial charge in [-0.25, -0.2) is 0 Å². The molecule has 0 aliphatic carbocycles. The van der Waals surface area contributed by atoms with Crippen LogP contribution in [0.15, 0.2) is 5.11 Å². The van der Waals surface area contributed by atoms with Crippen LogP contribution >= 0.6 is 0 Å². The number of unbranched alkanes of at least 4 members (excludes halogenated alkanes) is 1. The standard InChI is InChI=1S/C5H10N3O.C4H7NO.Cu.HN2/c1-2-3-4-5(9)7-8-6;6-4-2-1-3-5-4;;1-2/h6H,2-4H2,1H3;1-3H2,(H,5,6);;1H/q+1;;;-1. The van der Waals surface area contributed by atoms with Gasteiger partial charge in [0.05, 0.1) is 0 Å². The van der Waals surface area contributed by atoms with E-state index in [1.54, 1.807) is 0 Å². The van der Waals surface area contributed by atoms with E-state index in [2.05, 4.69) is 15.3 Å². The van der Waals surface area contributed by atoms with Gasteiger partial charge >= 0.3 is 5.91 Å². The summed E-state index contributed by atoms with van der Waals surface area (Å²) in [4.78, 5) is 23.2. The van der Waals surface area contributed by atoms with Crippen LogP contribution in [0.1, 0.15) is 39.0 Å². The average Bonchev–Trinajstić information content (AvgIpc) is 2.81. The predicted octanol–water partition coefficient (Wildman–Crippen LogP) is 1.73. The van der Waals surface area contributed by atoms with Gasteiger partial charge in [0, 0.05) is 36.5 Å². The molecule has 0 unspecified atom stereocenters. The molecule has 3 N–H and O–H groups in total. The van der Waals surface area contributed by atoms with E-state index in [1.165, 1.54) is 0 Å². The summed E-state index contributed by atoms with van der Waals surface area (Å²) in [5.74, 6) is -0.0955. The molecule has 0 bridgehead atoms. The van der Waals surface area contributed by atoms with Crippen LogP contribution in [-0.2, 0) is 26.7 Å². The van der Waals surface area contributed by atoms with Gasteiger partial charge in [-0.15, -0.1) is 0 Å². The van der Waals surface area contributed by atoms with E-state index < -0.39 is 0 Å². The number of nitrogens with zero attached hydrogens (tertiary/aromatic N) is 3. The Morgan fingerprint density at radius 1 is 1.56 bits per heavy atom. The van der Waals surface area contributed by atoms with E-state index in [0.29, 0.717) is 6.42 Å². The van der Waals surface area contributed by atoms with Gasteiger partial charge in [-0.1, -0.05) is 13.3 Å². The first kappa shape index (κ1) is 21.8. The summed E-state index contributed by atoms with van der Waals surface area (Å²) in [7, 11) is 0. The predicted molar refractivity (Wildman–Crippen MR) is 60.1 cm³/mol. The number of rotatable bonds is 3. The van der Waals surface area contributed by atoms with Crippen LogP contribution in [0.3, 0.4) is 0 Å². The second-order valence-corrected chi connectivity index (χ2v) is 3.15. The molecule has 18 heavy (non-hydrogen) atoms. The van der Waals surface area contributed by atoms with Gasteiger partial charge in [0.2, 0.25) is 10.8 Å². The second-order valence-electron chi connectivity index (χ2n) is 3.15. The molecule has 1 heterocycles. The van der Waals surface area contributed by atoms with Gasteiger partial charge in [-0.05, 0) is 12.8 Å². The topological polar surface area (TPSA) is 143 Å². The maximum atomic E-state index is 10.4. The van der Waals surface area contributed by atoms with Crippen LogP contribution < -0.4 is 10.2 Å². The molecular weight excluding hydrogens is 288 g/mol. The first-order valence-electron chi connectivity index (χ1n) is 5.30. The van der Waals surface area contributed by atoms with Crippen LogP contribution in [0, 0.1) is 11.1 Å². The molecule has 2 amide bonds. The number of hydrogen-bond donors (Lipinski definition) is 3. The number of hydrogen-bond acceptors (Lipinski definition) is 4. The quantitative estimate of drug-likeness (QED) is 0.414. The number of amides is 2. The average molecular weight is 306 g/mol. The third-order valence-electron chi connectivity index (χ3n) is 1.81. The number of carbonyl (C=O) groups is 2. The molecule has 0 aromatic carbocycles. The van der Waals surface area contributed by atoms with E-state index >= 15 is 0 Å². The van der Waals surface area contributed by atoms with Crippen molar-refractivity contribution in [2.45, 2.75) is 39.0 Å². The Morgan fingerprint density at radius 3 is 2.44 bits per heavy atom. The van der Waals surface area contributed by atoms with Crippen LogP contribution in [0.5, 0.6) is 0 Å². The third kappa shape index (κ3) is 17.0. The maximum absolute atomic E-state index is 10.4. The Hall–Kier alpha value is -1.43. The van der Waals surface area contributed by atoms with Crippen LogP contribution in [0.25, 0.3) is 5.53 Å². The number of nitrogens with one attached hydrogen (secondary N) is 3. The molecule has 1 saturated heterocycles. The summed E-state index contributed by atoms with van der Waals surface area (Å²) >= 11 is 0. The van der Waals surface area contributed by atoms with Gasteiger partial charge in [-0.3, -0.25) is 9.59 Å². The largest absolute Gasteiger partial charge is 0.715 e. The fourth-order valence-electron chi connectivity index (χ4n) is 0.999. The molecule has 9 heteroatoms. The molecular formula is C9H18CuN6O2. The van der Waals surface area contributed by atoms with Crippen molar-refractivity contribution in [2.75, 3.05) is 6.54 Å². The molecule has 0 spiro atoms. The maximum Gasteiger partial charge on any atom is 0.330 e. The first-order valence-corrected chi connectivity index (χ1v) is 5.30. The molecule has 1 radical (unpaired) electrons. The van der Waals surface area contributed by atoms with Crippen LogP contribution in [0.2, 0.25) is 0 Å². The van der Waals surface area contributed by atoms with Crippen molar-refractivity contribution in [3.05, 3.63) is 5.53 Å². The molecule has 0 saturated carbocycles. The van der Waals surface area contributed by atoms with Gasteiger partial charge in [-0.2, -0.15) is 0 Å². The molecule has 8 nitrogen and oxygen atoms in total. The van der Waals surface area contributed by atoms with E-state index in [4.69, 9.17) is 16.6 Å². The van der Waals surface area contributed by atoms with Crippen molar-refractivity contribution in [1.82, 2.24) is 10.2 Å². The van der Waals surface area contributed by atoms with Crippen molar-refractivity contribution < 1.29 is 26.7 Å². The summed E-state index contributed by atoms with van der Waals surface area (Å²) in [5.41, 5.74) is 17.2. The minimum atomic E-state index is -0.299. The minimum absolute atomic E-state index is 0. The smallest absolute Gasteiger partial charge is 0.330 e. The summed E-state index contributed by atoms with van der Waals surface area (Å²) in [6, 6.07) is 0. The first-order chi connectivity index (χ1) is 8.20. The zero-order valence-corrected chi connectivity index (χ0v) is 11.1. The molecule has 1 fully saturated rings. The SMILES string of the molecule is CCCCC(=O)N=[N+]=N.O=C1CCCN1.[Cu].[N-]=N. The van der Waals surface area contributed by atoms with E-state index in [-0.39, 0.29) is 28.9 Å². The van der Waals surface area contributed by atoms with Crippen molar-refractivity contribution in [1.29, 1.82) is 11.1 Å². The number of carbonyl (C=O) groups excluding carboxylic acids is 2. The normalized spacial score (nSPS) is 11.3. The zero-order valence-electron chi connectivity index (χ0n) is 10.2. The fraction of sp³-hybridized carbons (Fsp3) is 0.778. The van der Waals surface area contributed by atoms with Crippen LogP contribution in [-0.4, -0.2) is 18.4 Å². The molecule has 0 aromatic heterocycles. The zero-order chi connectivity index (χ0) is 13.5. The fourth-order valence-corrected chi connectivity index (χ4v) is 0.999. The Balaban J connectivity index is -0.000000218. The molecule has 1 aliphatic rings. The monoisotopic (exact) mass is 305 g/mol. The second kappa shape index (κ2) is 17.9. The molecule has 0 atom stereocenters. The minimum Gasteiger partial charge on any atom is -0.715 e. The molecule has 0 aromatic rings. The van der Waals surface area contributed by atoms with Crippen LogP contribution in [0.4, 0.5) is 0 Å².